The highest BCUT2D eigenvalue weighted by Gasteiger charge is 2.28. The Hall–Kier alpha value is -1.66. The number of rotatable bonds is 4. The van der Waals surface area contributed by atoms with Gasteiger partial charge < -0.3 is 4.52 Å². The number of nitrogens with zero attached hydrogens (tertiary/aromatic N) is 2. The van der Waals surface area contributed by atoms with Crippen LogP contribution in [0.4, 0.5) is 5.88 Å². The summed E-state index contributed by atoms with van der Waals surface area (Å²) in [6.45, 7) is 3.18. The van der Waals surface area contributed by atoms with Crippen molar-refractivity contribution < 1.29 is 9.32 Å². The van der Waals surface area contributed by atoms with Crippen LogP contribution in [0.5, 0.6) is 0 Å². The predicted octanol–water partition coefficient (Wildman–Crippen LogP) is 2.82. The first-order chi connectivity index (χ1) is 9.72. The zero-order valence-electron chi connectivity index (χ0n) is 11.3. The van der Waals surface area contributed by atoms with Gasteiger partial charge in [0.1, 0.15) is 0 Å². The molecular formula is C14H17N3O2S. The van der Waals surface area contributed by atoms with E-state index < -0.39 is 0 Å². The number of carbonyl (C=O) groups excluding carboxylic acids is 1. The molecule has 1 N–H and O–H groups in total. The Bertz CT molecular complexity index is 579. The van der Waals surface area contributed by atoms with Crippen LogP contribution in [0.2, 0.25) is 0 Å². The van der Waals surface area contributed by atoms with Crippen LogP contribution in [0, 0.1) is 6.92 Å². The van der Waals surface area contributed by atoms with E-state index in [0.717, 1.165) is 25.1 Å². The molecule has 1 fully saturated rings. The monoisotopic (exact) mass is 291 g/mol. The van der Waals surface area contributed by atoms with Crippen LogP contribution in [0.3, 0.4) is 0 Å². The normalized spacial score (nSPS) is 19.4. The molecule has 1 atom stereocenters. The average Bonchev–Trinajstić information content (AvgIpc) is 3.10. The van der Waals surface area contributed by atoms with Crippen LogP contribution in [0.15, 0.2) is 28.1 Å². The lowest BCUT2D eigenvalue weighted by Gasteiger charge is -2.22. The summed E-state index contributed by atoms with van der Waals surface area (Å²) in [5, 5.41) is 8.59. The van der Waals surface area contributed by atoms with Gasteiger partial charge in [-0.05, 0) is 37.8 Å². The lowest BCUT2D eigenvalue weighted by Crippen LogP contribution is -2.32. The number of nitrogens with one attached hydrogen (secondary N) is 1. The van der Waals surface area contributed by atoms with Gasteiger partial charge in [0.05, 0.1) is 12.2 Å². The Kier molecular flexibility index (Phi) is 3.84. The van der Waals surface area contributed by atoms with Gasteiger partial charge in [0, 0.05) is 17.0 Å². The highest BCUT2D eigenvalue weighted by molar-refractivity contribution is 7.10. The molecule has 0 saturated carbocycles. The summed E-state index contributed by atoms with van der Waals surface area (Å²) in [4.78, 5) is 15.6. The number of amides is 1. The van der Waals surface area contributed by atoms with Crippen molar-refractivity contribution in [2.45, 2.75) is 25.8 Å². The number of carbonyl (C=O) groups is 1. The van der Waals surface area contributed by atoms with Gasteiger partial charge >= 0.3 is 0 Å². The fraction of sp³-hybridized carbons (Fsp3) is 0.429. The topological polar surface area (TPSA) is 58.4 Å². The number of aromatic nitrogens is 1. The highest BCUT2D eigenvalue weighted by Crippen LogP contribution is 2.34. The van der Waals surface area contributed by atoms with Crippen LogP contribution >= 0.6 is 11.3 Å². The van der Waals surface area contributed by atoms with E-state index in [2.05, 4.69) is 32.9 Å². The molecule has 0 spiro atoms. The quantitative estimate of drug-likeness (QED) is 0.941. The predicted molar refractivity (Wildman–Crippen MR) is 77.7 cm³/mol. The number of anilines is 1. The average molecular weight is 291 g/mol. The zero-order valence-corrected chi connectivity index (χ0v) is 12.2. The Balaban J connectivity index is 1.60. The lowest BCUT2D eigenvalue weighted by atomic mass is 10.2. The van der Waals surface area contributed by atoms with Crippen LogP contribution in [-0.2, 0) is 4.79 Å². The molecule has 1 saturated heterocycles. The van der Waals surface area contributed by atoms with E-state index in [9.17, 15) is 4.79 Å². The maximum Gasteiger partial charge on any atom is 0.240 e. The minimum atomic E-state index is -0.0513. The first-order valence-corrected chi connectivity index (χ1v) is 7.61. The second-order valence-corrected chi connectivity index (χ2v) is 6.00. The van der Waals surface area contributed by atoms with E-state index in [1.807, 2.05) is 6.92 Å². The summed E-state index contributed by atoms with van der Waals surface area (Å²) in [5.41, 5.74) is 0.762. The molecule has 0 aromatic carbocycles. The van der Waals surface area contributed by atoms with Crippen molar-refractivity contribution in [1.29, 1.82) is 0 Å². The first-order valence-electron chi connectivity index (χ1n) is 6.73. The molecule has 1 amide bonds. The molecule has 3 heterocycles. The van der Waals surface area contributed by atoms with Crippen molar-refractivity contribution >= 4 is 23.1 Å². The van der Waals surface area contributed by atoms with Crippen LogP contribution in [0.1, 0.15) is 29.5 Å². The third-order valence-corrected chi connectivity index (χ3v) is 4.45. The van der Waals surface area contributed by atoms with Gasteiger partial charge in [0.15, 0.2) is 0 Å². The summed E-state index contributed by atoms with van der Waals surface area (Å²) >= 11 is 1.76. The van der Waals surface area contributed by atoms with Crippen molar-refractivity contribution in [2.24, 2.45) is 0 Å². The number of hydrogen-bond donors (Lipinski definition) is 1. The van der Waals surface area contributed by atoms with Crippen LogP contribution in [0.25, 0.3) is 0 Å². The molecule has 2 aromatic heterocycles. The molecule has 0 radical (unpaired) electrons. The molecule has 1 aliphatic heterocycles. The molecular weight excluding hydrogens is 274 g/mol. The summed E-state index contributed by atoms with van der Waals surface area (Å²) < 4.78 is 5.00. The Labute approximate surface area is 121 Å². The number of likely N-dealkylation sites (tertiary alicyclic amines) is 1. The molecule has 3 rings (SSSR count). The number of aryl methyl sites for hydroxylation is 1. The zero-order chi connectivity index (χ0) is 13.9. The second kappa shape index (κ2) is 5.76. The maximum absolute atomic E-state index is 12.1. The summed E-state index contributed by atoms with van der Waals surface area (Å²) in [6, 6.07) is 6.30. The number of thiophene rings is 1. The summed E-state index contributed by atoms with van der Waals surface area (Å²) in [6.07, 6.45) is 2.26. The second-order valence-electron chi connectivity index (χ2n) is 5.02. The molecule has 0 unspecified atom stereocenters. The third-order valence-electron chi connectivity index (χ3n) is 3.47. The van der Waals surface area contributed by atoms with Gasteiger partial charge in [0.25, 0.3) is 0 Å². The maximum atomic E-state index is 12.1. The SMILES string of the molecule is Cc1cc(NC(=O)CN2CCC[C@@H]2c2cccs2)on1. The fourth-order valence-electron chi connectivity index (χ4n) is 2.60. The Morgan fingerprint density at radius 2 is 2.55 bits per heavy atom. The molecule has 0 aliphatic carbocycles. The lowest BCUT2D eigenvalue weighted by molar-refractivity contribution is -0.117. The summed E-state index contributed by atoms with van der Waals surface area (Å²) in [5.74, 6) is 0.365. The van der Waals surface area contributed by atoms with Crippen molar-refractivity contribution in [1.82, 2.24) is 10.1 Å². The molecule has 1 aliphatic rings. The standard InChI is InChI=1S/C14H17N3O2S/c1-10-8-14(19-16-10)15-13(18)9-17-6-2-4-11(17)12-5-3-7-20-12/h3,5,7-8,11H,2,4,6,9H2,1H3,(H,15,18)/t11-/m1/s1. The van der Waals surface area contributed by atoms with Gasteiger partial charge in [-0.15, -0.1) is 11.3 Å². The third kappa shape index (κ3) is 2.91. The van der Waals surface area contributed by atoms with Crippen LogP contribution in [-0.4, -0.2) is 29.1 Å². The van der Waals surface area contributed by atoms with Gasteiger partial charge in [-0.2, -0.15) is 0 Å². The van der Waals surface area contributed by atoms with Gasteiger partial charge in [0.2, 0.25) is 11.8 Å². The Morgan fingerprint density at radius 3 is 3.25 bits per heavy atom. The first kappa shape index (κ1) is 13.3. The molecule has 6 heteroatoms. The summed E-state index contributed by atoms with van der Waals surface area (Å²) in [7, 11) is 0. The Morgan fingerprint density at radius 1 is 1.65 bits per heavy atom. The largest absolute Gasteiger partial charge is 0.338 e. The fourth-order valence-corrected chi connectivity index (χ4v) is 3.50. The minimum absolute atomic E-state index is 0.0513. The van der Waals surface area contributed by atoms with E-state index in [4.69, 9.17) is 4.52 Å². The van der Waals surface area contributed by atoms with E-state index in [1.165, 1.54) is 4.88 Å². The van der Waals surface area contributed by atoms with E-state index >= 15 is 0 Å². The molecule has 5 nitrogen and oxygen atoms in total. The van der Waals surface area contributed by atoms with Crippen molar-refractivity contribution in [3.63, 3.8) is 0 Å². The van der Waals surface area contributed by atoms with Crippen molar-refractivity contribution in [3.05, 3.63) is 34.2 Å². The van der Waals surface area contributed by atoms with Gasteiger partial charge in [-0.1, -0.05) is 11.2 Å². The van der Waals surface area contributed by atoms with Gasteiger partial charge in [-0.25, -0.2) is 0 Å². The highest BCUT2D eigenvalue weighted by atomic mass is 32.1. The molecule has 2 aromatic rings. The molecule has 20 heavy (non-hydrogen) atoms. The number of hydrogen-bond acceptors (Lipinski definition) is 5. The van der Waals surface area contributed by atoms with E-state index in [1.54, 1.807) is 17.4 Å². The molecule has 0 bridgehead atoms. The molecule has 106 valence electrons. The van der Waals surface area contributed by atoms with Crippen LogP contribution < -0.4 is 5.32 Å². The minimum Gasteiger partial charge on any atom is -0.338 e. The van der Waals surface area contributed by atoms with Gasteiger partial charge in [-0.3, -0.25) is 15.0 Å². The van der Waals surface area contributed by atoms with Crippen molar-refractivity contribution in [3.8, 4) is 0 Å². The van der Waals surface area contributed by atoms with E-state index in [0.29, 0.717) is 18.5 Å². The van der Waals surface area contributed by atoms with Crippen molar-refractivity contribution in [2.75, 3.05) is 18.4 Å². The smallest absolute Gasteiger partial charge is 0.240 e. The van der Waals surface area contributed by atoms with E-state index in [-0.39, 0.29) is 5.91 Å².